The third-order valence-electron chi connectivity index (χ3n) is 4.60. The number of aryl methyl sites for hydroxylation is 2. The maximum atomic E-state index is 12.5. The van der Waals surface area contributed by atoms with E-state index in [0.717, 1.165) is 22.5 Å². The SMILES string of the molecule is CC(=O)N(c1nc(C=C2SC(=Nc3ccccc3)NC2=O)cs1)c1c(C)cccc1C. The predicted molar refractivity (Wildman–Crippen MR) is 128 cm³/mol. The molecule has 0 saturated carbocycles. The number of carbonyl (C=O) groups is 2. The second-order valence-corrected chi connectivity index (χ2v) is 8.83. The Morgan fingerprint density at radius 3 is 2.48 bits per heavy atom. The lowest BCUT2D eigenvalue weighted by Gasteiger charge is -2.22. The van der Waals surface area contributed by atoms with Crippen LogP contribution in [0.2, 0.25) is 0 Å². The second kappa shape index (κ2) is 8.87. The zero-order valence-electron chi connectivity index (χ0n) is 17.2. The third kappa shape index (κ3) is 4.60. The molecule has 0 aliphatic carbocycles. The molecule has 156 valence electrons. The summed E-state index contributed by atoms with van der Waals surface area (Å²) in [4.78, 5) is 36.0. The first-order chi connectivity index (χ1) is 14.9. The third-order valence-corrected chi connectivity index (χ3v) is 6.35. The molecule has 2 heterocycles. The van der Waals surface area contributed by atoms with Crippen molar-refractivity contribution in [1.82, 2.24) is 10.3 Å². The fraction of sp³-hybridized carbons (Fsp3) is 0.130. The zero-order valence-corrected chi connectivity index (χ0v) is 18.9. The molecule has 0 radical (unpaired) electrons. The molecule has 6 nitrogen and oxygen atoms in total. The molecular weight excluding hydrogens is 428 g/mol. The van der Waals surface area contributed by atoms with Crippen molar-refractivity contribution in [3.8, 4) is 0 Å². The highest BCUT2D eigenvalue weighted by Gasteiger charge is 2.25. The van der Waals surface area contributed by atoms with Crippen LogP contribution in [0.25, 0.3) is 6.08 Å². The summed E-state index contributed by atoms with van der Waals surface area (Å²) in [6.07, 6.45) is 1.72. The highest BCUT2D eigenvalue weighted by Crippen LogP contribution is 2.35. The number of amides is 2. The van der Waals surface area contributed by atoms with Crippen molar-refractivity contribution in [3.05, 3.63) is 75.6 Å². The number of hydrogen-bond donors (Lipinski definition) is 1. The smallest absolute Gasteiger partial charge is 0.264 e. The monoisotopic (exact) mass is 448 g/mol. The van der Waals surface area contributed by atoms with Crippen molar-refractivity contribution >= 4 is 62.7 Å². The van der Waals surface area contributed by atoms with Crippen molar-refractivity contribution in [2.75, 3.05) is 4.90 Å². The summed E-state index contributed by atoms with van der Waals surface area (Å²) in [5, 5.41) is 5.71. The molecular formula is C23H20N4O2S2. The van der Waals surface area contributed by atoms with Crippen LogP contribution in [-0.4, -0.2) is 22.0 Å². The number of carbonyl (C=O) groups excluding carboxylic acids is 2. The van der Waals surface area contributed by atoms with E-state index in [1.54, 1.807) is 11.0 Å². The van der Waals surface area contributed by atoms with Crippen molar-refractivity contribution < 1.29 is 9.59 Å². The Morgan fingerprint density at radius 2 is 1.81 bits per heavy atom. The Kier molecular flexibility index (Phi) is 6.01. The van der Waals surface area contributed by atoms with Gasteiger partial charge in [-0.15, -0.1) is 11.3 Å². The molecule has 1 N–H and O–H groups in total. The van der Waals surface area contributed by atoms with E-state index in [2.05, 4.69) is 15.3 Å². The number of hydrogen-bond acceptors (Lipinski definition) is 6. The number of aliphatic imine (C=N–C) groups is 1. The van der Waals surface area contributed by atoms with Gasteiger partial charge in [-0.3, -0.25) is 14.5 Å². The van der Waals surface area contributed by atoms with E-state index in [0.29, 0.717) is 20.9 Å². The molecule has 0 spiro atoms. The number of nitrogens with zero attached hydrogens (tertiary/aromatic N) is 3. The van der Waals surface area contributed by atoms with E-state index >= 15 is 0 Å². The molecule has 1 saturated heterocycles. The summed E-state index contributed by atoms with van der Waals surface area (Å²) in [5.74, 6) is -0.330. The van der Waals surface area contributed by atoms with E-state index in [1.807, 2.05) is 67.8 Å². The van der Waals surface area contributed by atoms with Gasteiger partial charge in [0, 0.05) is 12.3 Å². The van der Waals surface area contributed by atoms with Crippen LogP contribution in [-0.2, 0) is 9.59 Å². The van der Waals surface area contributed by atoms with Gasteiger partial charge < -0.3 is 5.32 Å². The number of nitrogens with one attached hydrogen (secondary N) is 1. The summed E-state index contributed by atoms with van der Waals surface area (Å²) < 4.78 is 0. The van der Waals surface area contributed by atoms with Crippen molar-refractivity contribution in [3.63, 3.8) is 0 Å². The van der Waals surface area contributed by atoms with Gasteiger partial charge in [-0.2, -0.15) is 0 Å². The van der Waals surface area contributed by atoms with Crippen molar-refractivity contribution in [2.24, 2.45) is 4.99 Å². The number of para-hydroxylation sites is 2. The van der Waals surface area contributed by atoms with Crippen LogP contribution < -0.4 is 10.2 Å². The molecule has 2 aromatic carbocycles. The molecule has 0 unspecified atom stereocenters. The number of aromatic nitrogens is 1. The van der Waals surface area contributed by atoms with Gasteiger partial charge in [0.2, 0.25) is 5.91 Å². The number of benzene rings is 2. The van der Waals surface area contributed by atoms with Gasteiger partial charge in [-0.05, 0) is 54.9 Å². The number of thiazole rings is 1. The Labute approximate surface area is 188 Å². The zero-order chi connectivity index (χ0) is 22.0. The first kappa shape index (κ1) is 21.0. The number of thioether (sulfide) groups is 1. The summed E-state index contributed by atoms with van der Waals surface area (Å²) in [6, 6.07) is 15.4. The molecule has 1 aromatic heterocycles. The lowest BCUT2D eigenvalue weighted by molar-refractivity contribution is -0.116. The van der Waals surface area contributed by atoms with E-state index in [4.69, 9.17) is 0 Å². The van der Waals surface area contributed by atoms with Crippen LogP contribution in [0.1, 0.15) is 23.7 Å². The summed E-state index contributed by atoms with van der Waals surface area (Å²) in [7, 11) is 0. The van der Waals surface area contributed by atoms with Crippen LogP contribution >= 0.6 is 23.1 Å². The summed E-state index contributed by atoms with van der Waals surface area (Å²) in [6.45, 7) is 5.47. The quantitative estimate of drug-likeness (QED) is 0.547. The van der Waals surface area contributed by atoms with Gasteiger partial charge in [0.05, 0.1) is 22.0 Å². The number of rotatable bonds is 4. The van der Waals surface area contributed by atoms with E-state index in [1.165, 1.54) is 30.0 Å². The standard InChI is InChI=1S/C23H20N4O2S2/c1-14-8-7-9-15(2)20(14)27(16(3)28)23-25-18(13-30-23)12-19-21(29)26-22(31-19)24-17-10-5-4-6-11-17/h4-13H,1-3H3,(H,24,26,29). The van der Waals surface area contributed by atoms with E-state index in [-0.39, 0.29) is 11.8 Å². The molecule has 8 heteroatoms. The largest absolute Gasteiger partial charge is 0.300 e. The average Bonchev–Trinajstić information content (AvgIpc) is 3.32. The van der Waals surface area contributed by atoms with Crippen LogP contribution in [0.5, 0.6) is 0 Å². The molecule has 1 aliphatic heterocycles. The van der Waals surface area contributed by atoms with E-state index < -0.39 is 0 Å². The Morgan fingerprint density at radius 1 is 1.10 bits per heavy atom. The molecule has 0 bridgehead atoms. The van der Waals surface area contributed by atoms with Gasteiger partial charge in [-0.25, -0.2) is 9.98 Å². The Balaban J connectivity index is 1.61. The molecule has 3 aromatic rings. The normalized spacial score (nSPS) is 16.0. The number of anilines is 2. The topological polar surface area (TPSA) is 74.7 Å². The Bertz CT molecular complexity index is 1200. The minimum absolute atomic E-state index is 0.115. The maximum absolute atomic E-state index is 12.5. The molecule has 1 aliphatic rings. The maximum Gasteiger partial charge on any atom is 0.264 e. The second-order valence-electron chi connectivity index (χ2n) is 6.97. The fourth-order valence-electron chi connectivity index (χ4n) is 3.23. The molecule has 4 rings (SSSR count). The fourth-order valence-corrected chi connectivity index (χ4v) is 4.88. The van der Waals surface area contributed by atoms with Crippen LogP contribution in [0, 0.1) is 13.8 Å². The first-order valence-electron chi connectivity index (χ1n) is 9.59. The average molecular weight is 449 g/mol. The van der Waals surface area contributed by atoms with Crippen molar-refractivity contribution in [2.45, 2.75) is 20.8 Å². The molecule has 2 amide bonds. The molecule has 0 atom stereocenters. The van der Waals surface area contributed by atoms with Gasteiger partial charge in [0.25, 0.3) is 5.91 Å². The highest BCUT2D eigenvalue weighted by atomic mass is 32.2. The lowest BCUT2D eigenvalue weighted by Crippen LogP contribution is -2.24. The minimum Gasteiger partial charge on any atom is -0.300 e. The molecule has 31 heavy (non-hydrogen) atoms. The van der Waals surface area contributed by atoms with E-state index in [9.17, 15) is 9.59 Å². The minimum atomic E-state index is -0.215. The summed E-state index contributed by atoms with van der Waals surface area (Å²) in [5.41, 5.74) is 4.23. The first-order valence-corrected chi connectivity index (χ1v) is 11.3. The van der Waals surface area contributed by atoms with Gasteiger partial charge in [0.15, 0.2) is 10.3 Å². The predicted octanol–water partition coefficient (Wildman–Crippen LogP) is 5.34. The van der Waals surface area contributed by atoms with Crippen LogP contribution in [0.3, 0.4) is 0 Å². The van der Waals surface area contributed by atoms with Gasteiger partial charge in [-0.1, -0.05) is 36.4 Å². The van der Waals surface area contributed by atoms with Crippen LogP contribution in [0.4, 0.5) is 16.5 Å². The summed E-state index contributed by atoms with van der Waals surface area (Å²) >= 11 is 2.63. The highest BCUT2D eigenvalue weighted by molar-refractivity contribution is 8.18. The van der Waals surface area contributed by atoms with Gasteiger partial charge >= 0.3 is 0 Å². The Hall–Kier alpha value is -3.23. The molecule has 1 fully saturated rings. The lowest BCUT2D eigenvalue weighted by atomic mass is 10.1. The van der Waals surface area contributed by atoms with Crippen LogP contribution in [0.15, 0.2) is 63.8 Å². The van der Waals surface area contributed by atoms with Gasteiger partial charge in [0.1, 0.15) is 0 Å². The number of amidine groups is 1. The van der Waals surface area contributed by atoms with Crippen molar-refractivity contribution in [1.29, 1.82) is 0 Å².